The zero-order valence-corrected chi connectivity index (χ0v) is 13.3. The molecule has 1 aliphatic rings. The summed E-state index contributed by atoms with van der Waals surface area (Å²) in [5, 5.41) is 0.274. The number of aromatic nitrogens is 1. The summed E-state index contributed by atoms with van der Waals surface area (Å²) in [5.41, 5.74) is 1.15. The first-order chi connectivity index (χ1) is 10.6. The monoisotopic (exact) mass is 350 g/mol. The third-order valence-corrected chi connectivity index (χ3v) is 4.55. The molecule has 1 aliphatic heterocycles. The third-order valence-electron chi connectivity index (χ3n) is 2.94. The molecule has 0 aliphatic carbocycles. The molecule has 7 heteroatoms. The van der Waals surface area contributed by atoms with Crippen LogP contribution in [0.2, 0.25) is 10.0 Å². The van der Waals surface area contributed by atoms with E-state index in [2.05, 4.69) is 4.98 Å². The summed E-state index contributed by atoms with van der Waals surface area (Å²) >= 11 is 12.7. The van der Waals surface area contributed by atoms with Crippen molar-refractivity contribution >= 4 is 57.9 Å². The highest BCUT2D eigenvalue weighted by Gasteiger charge is 2.36. The predicted molar refractivity (Wildman–Crippen MR) is 89.1 cm³/mol. The number of imide groups is 1. The molecule has 0 unspecified atom stereocenters. The number of halogens is 2. The first-order valence-electron chi connectivity index (χ1n) is 6.19. The summed E-state index contributed by atoms with van der Waals surface area (Å²) in [7, 11) is 0. The van der Waals surface area contributed by atoms with Crippen molar-refractivity contribution in [1.29, 1.82) is 0 Å². The molecule has 0 atom stereocenters. The van der Waals surface area contributed by atoms with Gasteiger partial charge in [0.1, 0.15) is 0 Å². The number of pyridine rings is 1. The van der Waals surface area contributed by atoms with Crippen molar-refractivity contribution in [3.05, 3.63) is 63.2 Å². The number of hydrogen-bond acceptors (Lipinski definition) is 4. The summed E-state index contributed by atoms with van der Waals surface area (Å²) in [4.78, 5) is 29.9. The number of carbonyl (C=O) groups is 2. The fourth-order valence-electron chi connectivity index (χ4n) is 1.93. The van der Waals surface area contributed by atoms with Crippen molar-refractivity contribution in [1.82, 2.24) is 4.98 Å². The SMILES string of the molecule is O=C1S/C(=C\c2cccnc2)C(=O)N1c1ccc(Cl)c(Cl)c1. The fraction of sp³-hybridized carbons (Fsp3) is 0. The van der Waals surface area contributed by atoms with Crippen molar-refractivity contribution in [2.75, 3.05) is 4.90 Å². The second-order valence-electron chi connectivity index (χ2n) is 4.40. The van der Waals surface area contributed by atoms with Crippen LogP contribution in [0.4, 0.5) is 10.5 Å². The van der Waals surface area contributed by atoms with Gasteiger partial charge in [0.25, 0.3) is 11.1 Å². The summed E-state index contributed by atoms with van der Waals surface area (Å²) < 4.78 is 0. The maximum Gasteiger partial charge on any atom is 0.298 e. The average molecular weight is 351 g/mol. The largest absolute Gasteiger partial charge is 0.298 e. The lowest BCUT2D eigenvalue weighted by molar-refractivity contribution is -0.113. The van der Waals surface area contributed by atoms with Crippen molar-refractivity contribution in [3.63, 3.8) is 0 Å². The number of benzene rings is 1. The minimum Gasteiger partial charge on any atom is -0.268 e. The molecule has 1 aromatic heterocycles. The molecule has 0 radical (unpaired) electrons. The van der Waals surface area contributed by atoms with E-state index in [0.717, 1.165) is 22.2 Å². The quantitative estimate of drug-likeness (QED) is 0.741. The Morgan fingerprint density at radius 3 is 2.64 bits per heavy atom. The Bertz CT molecular complexity index is 793. The van der Waals surface area contributed by atoms with Gasteiger partial charge in [-0.2, -0.15) is 0 Å². The lowest BCUT2D eigenvalue weighted by atomic mass is 10.2. The normalized spacial score (nSPS) is 16.6. The molecule has 0 N–H and O–H groups in total. The minimum atomic E-state index is -0.391. The van der Waals surface area contributed by atoms with Crippen molar-refractivity contribution < 1.29 is 9.59 Å². The van der Waals surface area contributed by atoms with E-state index in [1.54, 1.807) is 42.7 Å². The highest BCUT2D eigenvalue weighted by Crippen LogP contribution is 2.37. The van der Waals surface area contributed by atoms with Gasteiger partial charge in [-0.25, -0.2) is 4.90 Å². The minimum absolute atomic E-state index is 0.287. The van der Waals surface area contributed by atoms with E-state index in [0.29, 0.717) is 15.6 Å². The maximum absolute atomic E-state index is 12.4. The summed E-state index contributed by atoms with van der Waals surface area (Å²) in [6, 6.07) is 8.19. The van der Waals surface area contributed by atoms with Crippen LogP contribution in [-0.4, -0.2) is 16.1 Å². The Labute approximate surface area is 140 Å². The zero-order chi connectivity index (χ0) is 15.7. The second-order valence-corrected chi connectivity index (χ2v) is 6.21. The van der Waals surface area contributed by atoms with Gasteiger partial charge in [-0.05, 0) is 47.7 Å². The molecular formula is C15H8Cl2N2O2S. The molecule has 1 aromatic carbocycles. The number of rotatable bonds is 2. The number of nitrogens with zero attached hydrogens (tertiary/aromatic N) is 2. The number of thioether (sulfide) groups is 1. The first-order valence-corrected chi connectivity index (χ1v) is 7.76. The molecule has 0 saturated carbocycles. The van der Waals surface area contributed by atoms with E-state index in [-0.39, 0.29) is 10.3 Å². The van der Waals surface area contributed by atoms with Crippen LogP contribution in [0.3, 0.4) is 0 Å². The van der Waals surface area contributed by atoms with Crippen molar-refractivity contribution in [3.8, 4) is 0 Å². The molecule has 3 rings (SSSR count). The number of anilines is 1. The van der Waals surface area contributed by atoms with Gasteiger partial charge in [-0.3, -0.25) is 14.6 Å². The topological polar surface area (TPSA) is 50.3 Å². The molecule has 22 heavy (non-hydrogen) atoms. The second kappa shape index (κ2) is 6.12. The van der Waals surface area contributed by atoms with Gasteiger partial charge in [-0.1, -0.05) is 29.3 Å². The number of carbonyl (C=O) groups excluding carboxylic acids is 2. The molecule has 1 fully saturated rings. The van der Waals surface area contributed by atoms with Crippen LogP contribution in [0, 0.1) is 0 Å². The van der Waals surface area contributed by atoms with Crippen LogP contribution in [0.1, 0.15) is 5.56 Å². The Balaban J connectivity index is 1.95. The summed E-state index contributed by atoms with van der Waals surface area (Å²) in [6.07, 6.45) is 4.89. The molecule has 0 spiro atoms. The maximum atomic E-state index is 12.4. The van der Waals surface area contributed by atoms with Gasteiger partial charge in [-0.15, -0.1) is 0 Å². The predicted octanol–water partition coefficient (Wildman–Crippen LogP) is 4.63. The molecule has 1 saturated heterocycles. The lowest BCUT2D eigenvalue weighted by Crippen LogP contribution is -2.27. The summed E-state index contributed by atoms with van der Waals surface area (Å²) in [5.74, 6) is -0.391. The van der Waals surface area contributed by atoms with E-state index >= 15 is 0 Å². The van der Waals surface area contributed by atoms with E-state index in [4.69, 9.17) is 23.2 Å². The van der Waals surface area contributed by atoms with Crippen LogP contribution in [0.15, 0.2) is 47.6 Å². The van der Waals surface area contributed by atoms with Gasteiger partial charge in [0.2, 0.25) is 0 Å². The molecule has 2 amide bonds. The zero-order valence-electron chi connectivity index (χ0n) is 11.0. The van der Waals surface area contributed by atoms with Crippen LogP contribution in [0.5, 0.6) is 0 Å². The van der Waals surface area contributed by atoms with Crippen molar-refractivity contribution in [2.24, 2.45) is 0 Å². The molecule has 110 valence electrons. The van der Waals surface area contributed by atoms with Gasteiger partial charge in [0.15, 0.2) is 0 Å². The number of amides is 2. The fourth-order valence-corrected chi connectivity index (χ4v) is 3.06. The Hall–Kier alpha value is -1.82. The highest BCUT2D eigenvalue weighted by molar-refractivity contribution is 8.19. The first kappa shape index (κ1) is 15.1. The van der Waals surface area contributed by atoms with Gasteiger partial charge in [0, 0.05) is 12.4 Å². The Morgan fingerprint density at radius 2 is 1.95 bits per heavy atom. The third kappa shape index (κ3) is 2.88. The molecular weight excluding hydrogens is 343 g/mol. The van der Waals surface area contributed by atoms with Crippen LogP contribution < -0.4 is 4.90 Å². The highest BCUT2D eigenvalue weighted by atomic mass is 35.5. The van der Waals surface area contributed by atoms with Crippen LogP contribution >= 0.6 is 35.0 Å². The van der Waals surface area contributed by atoms with E-state index < -0.39 is 5.91 Å². The Kier molecular flexibility index (Phi) is 4.20. The number of hydrogen-bond donors (Lipinski definition) is 0. The molecule has 0 bridgehead atoms. The molecule has 4 nitrogen and oxygen atoms in total. The van der Waals surface area contributed by atoms with Gasteiger partial charge >= 0.3 is 0 Å². The standard InChI is InChI=1S/C15H8Cl2N2O2S/c16-11-4-3-10(7-12(11)17)19-14(20)13(22-15(19)21)6-9-2-1-5-18-8-9/h1-8H/b13-6-. The van der Waals surface area contributed by atoms with E-state index in [1.807, 2.05) is 0 Å². The summed E-state index contributed by atoms with van der Waals surface area (Å²) in [6.45, 7) is 0. The lowest BCUT2D eigenvalue weighted by Gasteiger charge is -2.13. The molecule has 2 aromatic rings. The van der Waals surface area contributed by atoms with Crippen molar-refractivity contribution in [2.45, 2.75) is 0 Å². The van der Waals surface area contributed by atoms with Gasteiger partial charge < -0.3 is 0 Å². The molecule has 2 heterocycles. The van der Waals surface area contributed by atoms with Crippen LogP contribution in [-0.2, 0) is 4.79 Å². The van der Waals surface area contributed by atoms with Crippen LogP contribution in [0.25, 0.3) is 6.08 Å². The Morgan fingerprint density at radius 1 is 1.14 bits per heavy atom. The smallest absolute Gasteiger partial charge is 0.268 e. The van der Waals surface area contributed by atoms with Gasteiger partial charge in [0.05, 0.1) is 20.6 Å². The average Bonchev–Trinajstić information content (AvgIpc) is 2.78. The van der Waals surface area contributed by atoms with E-state index in [9.17, 15) is 9.59 Å². The van der Waals surface area contributed by atoms with E-state index in [1.165, 1.54) is 6.07 Å².